The van der Waals surface area contributed by atoms with Crippen molar-refractivity contribution in [1.82, 2.24) is 4.98 Å². The molecule has 5 rings (SSSR count). The zero-order chi connectivity index (χ0) is 21.8. The van der Waals surface area contributed by atoms with Crippen molar-refractivity contribution in [3.63, 3.8) is 0 Å². The number of ether oxygens (including phenoxy) is 1. The van der Waals surface area contributed by atoms with E-state index in [-0.39, 0.29) is 18.3 Å². The molecular formula is C23H25F2N4O2+. The molecule has 1 aromatic carbocycles. The van der Waals surface area contributed by atoms with Crippen LogP contribution >= 0.6 is 0 Å². The average molecular weight is 427 g/mol. The number of rotatable bonds is 8. The number of aliphatic hydroxyl groups is 1. The number of alkyl halides is 2. The van der Waals surface area contributed by atoms with Crippen LogP contribution in [0.25, 0.3) is 0 Å². The molecule has 0 radical (unpaired) electrons. The summed E-state index contributed by atoms with van der Waals surface area (Å²) in [7, 11) is 0. The van der Waals surface area contributed by atoms with Crippen LogP contribution in [0.3, 0.4) is 0 Å². The van der Waals surface area contributed by atoms with E-state index >= 15 is 0 Å². The lowest BCUT2D eigenvalue weighted by Gasteiger charge is -2.26. The molecule has 3 aliphatic rings. The highest BCUT2D eigenvalue weighted by molar-refractivity contribution is 6.06. The third-order valence-electron chi connectivity index (χ3n) is 6.39. The highest BCUT2D eigenvalue weighted by Crippen LogP contribution is 2.74. The molecule has 2 saturated carbocycles. The Morgan fingerprint density at radius 2 is 2.00 bits per heavy atom. The first-order valence-corrected chi connectivity index (χ1v) is 10.5. The molecule has 1 saturated heterocycles. The van der Waals surface area contributed by atoms with Gasteiger partial charge in [-0.1, -0.05) is 0 Å². The van der Waals surface area contributed by atoms with Gasteiger partial charge in [0.2, 0.25) is 0 Å². The zero-order valence-corrected chi connectivity index (χ0v) is 17.2. The van der Waals surface area contributed by atoms with Crippen molar-refractivity contribution < 1.29 is 23.2 Å². The number of nitrogens with one attached hydrogen (secondary N) is 2. The number of fused-ring (bicyclic) bond motifs is 1. The van der Waals surface area contributed by atoms with Gasteiger partial charge in [-0.2, -0.15) is 8.78 Å². The number of anilines is 2. The van der Waals surface area contributed by atoms with E-state index in [2.05, 4.69) is 25.8 Å². The summed E-state index contributed by atoms with van der Waals surface area (Å²) in [6.07, 6.45) is 3.33. The smallest absolute Gasteiger partial charge is 0.394 e. The second-order valence-electron chi connectivity index (χ2n) is 8.94. The monoisotopic (exact) mass is 427 g/mol. The number of aliphatic hydroxyl groups excluding tert-OH is 1. The average Bonchev–Trinajstić information content (AvgIpc) is 3.54. The van der Waals surface area contributed by atoms with Gasteiger partial charge in [-0.3, -0.25) is 0 Å². The fourth-order valence-electron chi connectivity index (χ4n) is 4.30. The minimum absolute atomic E-state index is 0.0573. The number of nitrogens with zero attached hydrogens (tertiary/aromatic N) is 2. The largest absolute Gasteiger partial charge is 0.433 e. The van der Waals surface area contributed by atoms with Crippen molar-refractivity contribution in [2.75, 3.05) is 18.4 Å². The third kappa shape index (κ3) is 4.04. The lowest BCUT2D eigenvalue weighted by atomic mass is 9.89. The summed E-state index contributed by atoms with van der Waals surface area (Å²) in [5, 5.41) is 21.8. The molecule has 162 valence electrons. The molecule has 0 bridgehead atoms. The van der Waals surface area contributed by atoms with Gasteiger partial charge in [0.25, 0.3) is 0 Å². The van der Waals surface area contributed by atoms with Crippen LogP contribution in [-0.4, -0.2) is 45.8 Å². The van der Waals surface area contributed by atoms with Crippen LogP contribution in [0.15, 0.2) is 36.5 Å². The van der Waals surface area contributed by atoms with Crippen LogP contribution < -0.4 is 10.1 Å². The first-order valence-electron chi connectivity index (χ1n) is 10.5. The summed E-state index contributed by atoms with van der Waals surface area (Å²) < 4.78 is 32.9. The summed E-state index contributed by atoms with van der Waals surface area (Å²) in [4.78, 5) is 4.39. The highest BCUT2D eigenvalue weighted by Gasteiger charge is 2.71. The Morgan fingerprint density at radius 1 is 1.32 bits per heavy atom. The maximum atomic E-state index is 13.0. The second-order valence-corrected chi connectivity index (χ2v) is 8.94. The SMILES string of the molecule is CC(F)(F)Oc1ccc(Nc2nccc(CO)c2C(=N)C2C[N+](=CC34CC3C4)C2)cc1. The standard InChI is InChI=1S/C23H25F2N4O2/c1-22(24,25)31-18-4-2-17(3-5-18)28-21-19(14(12-30)6-7-27-21)20(26)15-10-29(11-15)13-23-8-16(23)9-23/h2-7,13,15-16,26,30H,8-12H2,1H3,(H,27,28)/q+1. The second kappa shape index (κ2) is 7.09. The summed E-state index contributed by atoms with van der Waals surface area (Å²) in [5.74, 6) is 1.51. The van der Waals surface area contributed by atoms with Gasteiger partial charge in [-0.15, -0.1) is 0 Å². The van der Waals surface area contributed by atoms with Crippen LogP contribution in [0.1, 0.15) is 30.9 Å². The van der Waals surface area contributed by atoms with E-state index in [9.17, 15) is 13.9 Å². The number of hydrogen-bond donors (Lipinski definition) is 3. The van der Waals surface area contributed by atoms with E-state index in [1.807, 2.05) is 0 Å². The molecule has 0 atom stereocenters. The Balaban J connectivity index is 1.32. The summed E-state index contributed by atoms with van der Waals surface area (Å²) in [6, 6.07) is 7.84. The van der Waals surface area contributed by atoms with E-state index in [0.29, 0.717) is 40.7 Å². The normalized spacial score (nSPS) is 25.9. The maximum absolute atomic E-state index is 13.0. The van der Waals surface area contributed by atoms with Crippen molar-refractivity contribution >= 4 is 23.4 Å². The van der Waals surface area contributed by atoms with Crippen LogP contribution in [0.2, 0.25) is 0 Å². The maximum Gasteiger partial charge on any atom is 0.394 e. The van der Waals surface area contributed by atoms with E-state index in [1.54, 1.807) is 24.4 Å². The predicted molar refractivity (Wildman–Crippen MR) is 113 cm³/mol. The van der Waals surface area contributed by atoms with E-state index in [4.69, 9.17) is 5.41 Å². The Bertz CT molecular complexity index is 1050. The molecular weight excluding hydrogens is 402 g/mol. The molecule has 8 heteroatoms. The molecule has 2 aliphatic carbocycles. The molecule has 0 spiro atoms. The van der Waals surface area contributed by atoms with Crippen LogP contribution in [-0.2, 0) is 6.61 Å². The van der Waals surface area contributed by atoms with Crippen LogP contribution in [0, 0.1) is 22.7 Å². The van der Waals surface area contributed by atoms with Gasteiger partial charge < -0.3 is 20.6 Å². The predicted octanol–water partition coefficient (Wildman–Crippen LogP) is 3.80. The highest BCUT2D eigenvalue weighted by atomic mass is 19.3. The van der Waals surface area contributed by atoms with Crippen LogP contribution in [0.5, 0.6) is 5.75 Å². The number of halogens is 2. The fraction of sp³-hybridized carbons (Fsp3) is 0.435. The van der Waals surface area contributed by atoms with Crippen LogP contribution in [0.4, 0.5) is 20.3 Å². The van der Waals surface area contributed by atoms with Gasteiger partial charge >= 0.3 is 6.11 Å². The first kappa shape index (κ1) is 20.1. The van der Waals surface area contributed by atoms with Crippen molar-refractivity contribution in [3.8, 4) is 5.75 Å². The molecule has 3 N–H and O–H groups in total. The van der Waals surface area contributed by atoms with Crippen molar-refractivity contribution in [2.45, 2.75) is 32.5 Å². The minimum atomic E-state index is -3.25. The number of benzene rings is 1. The van der Waals surface area contributed by atoms with Gasteiger partial charge in [0.1, 0.15) is 23.7 Å². The molecule has 6 nitrogen and oxygen atoms in total. The molecule has 1 aliphatic heterocycles. The summed E-state index contributed by atoms with van der Waals surface area (Å²) in [6.45, 7) is 2.11. The lowest BCUT2D eigenvalue weighted by Crippen LogP contribution is -2.45. The quantitative estimate of drug-likeness (QED) is 0.442. The number of hydrogen-bond acceptors (Lipinski definition) is 5. The molecule has 1 aromatic heterocycles. The lowest BCUT2D eigenvalue weighted by molar-refractivity contribution is -0.593. The van der Waals surface area contributed by atoms with Gasteiger partial charge in [0.05, 0.1) is 17.7 Å². The van der Waals surface area contributed by atoms with Crippen molar-refractivity contribution in [1.29, 1.82) is 5.41 Å². The van der Waals surface area contributed by atoms with Gasteiger partial charge in [0, 0.05) is 24.4 Å². The van der Waals surface area contributed by atoms with Crippen molar-refractivity contribution in [2.24, 2.45) is 17.3 Å². The number of pyridine rings is 1. The fourth-order valence-corrected chi connectivity index (χ4v) is 4.30. The minimum Gasteiger partial charge on any atom is -0.433 e. The van der Waals surface area contributed by atoms with Gasteiger partial charge in [-0.05, 0) is 54.7 Å². The Hall–Kier alpha value is -2.87. The number of aromatic nitrogens is 1. The zero-order valence-electron chi connectivity index (χ0n) is 17.2. The first-order chi connectivity index (χ1) is 14.8. The molecule has 31 heavy (non-hydrogen) atoms. The topological polar surface area (TPSA) is 81.2 Å². The Morgan fingerprint density at radius 3 is 2.58 bits per heavy atom. The Kier molecular flexibility index (Phi) is 4.58. The molecule has 0 unspecified atom stereocenters. The molecule has 0 amide bonds. The van der Waals surface area contributed by atoms with Gasteiger partial charge in [-0.25, -0.2) is 9.56 Å². The van der Waals surface area contributed by atoms with Gasteiger partial charge in [0.15, 0.2) is 13.1 Å². The van der Waals surface area contributed by atoms with Crippen molar-refractivity contribution in [3.05, 3.63) is 47.7 Å². The molecule has 2 aromatic rings. The Labute approximate surface area is 179 Å². The van der Waals surface area contributed by atoms with E-state index in [0.717, 1.165) is 19.0 Å². The third-order valence-corrected chi connectivity index (χ3v) is 6.39. The molecule has 2 heterocycles. The summed E-state index contributed by atoms with van der Waals surface area (Å²) in [5.41, 5.74) is 2.81. The van der Waals surface area contributed by atoms with E-state index in [1.165, 1.54) is 25.0 Å². The van der Waals surface area contributed by atoms with E-state index < -0.39 is 6.11 Å². The molecule has 3 fully saturated rings. The summed E-state index contributed by atoms with van der Waals surface area (Å²) >= 11 is 0.